The Kier molecular flexibility index (Phi) is 9.66. The summed E-state index contributed by atoms with van der Waals surface area (Å²) in [6.45, 7) is 2.71. The molecule has 0 radical (unpaired) electrons. The summed E-state index contributed by atoms with van der Waals surface area (Å²) in [5.41, 5.74) is 7.26. The molecule has 3 N–H and O–H groups in total. The molecule has 4 nitrogen and oxygen atoms in total. The number of ether oxygens (including phenoxy) is 1. The largest absolute Gasteiger partial charge is 0.455 e. The molecule has 0 bridgehead atoms. The van der Waals surface area contributed by atoms with Crippen LogP contribution in [0.5, 0.6) is 11.5 Å². The minimum absolute atomic E-state index is 0. The van der Waals surface area contributed by atoms with Gasteiger partial charge in [0.15, 0.2) is 5.75 Å². The van der Waals surface area contributed by atoms with E-state index in [9.17, 15) is 4.79 Å². The standard InChI is InChI=1S/C20H26N2O2.ClH/c1-16-12-13-19(24-17-9-5-4-6-10-17)18(15-16)22-20(23)11-7-2-3-8-14-21;/h4-6,9-10,12-13,15H,2-3,7-8,11,14,21H2,1H3,(H,22,23);1H. The van der Waals surface area contributed by atoms with Crippen molar-refractivity contribution in [1.29, 1.82) is 0 Å². The Morgan fingerprint density at radius 2 is 1.76 bits per heavy atom. The maximum atomic E-state index is 12.2. The summed E-state index contributed by atoms with van der Waals surface area (Å²) in [5, 5.41) is 2.97. The SMILES string of the molecule is Cc1ccc(Oc2ccccc2)c(NC(=O)CCCCCCN)c1.Cl. The van der Waals surface area contributed by atoms with E-state index in [1.807, 2.05) is 55.5 Å². The number of para-hydroxylation sites is 1. The summed E-state index contributed by atoms with van der Waals surface area (Å²) in [7, 11) is 0. The molecule has 0 heterocycles. The molecule has 25 heavy (non-hydrogen) atoms. The Labute approximate surface area is 156 Å². The highest BCUT2D eigenvalue weighted by Gasteiger charge is 2.09. The van der Waals surface area contributed by atoms with Crippen LogP contribution in [-0.4, -0.2) is 12.5 Å². The first-order chi connectivity index (χ1) is 11.7. The molecule has 136 valence electrons. The van der Waals surface area contributed by atoms with Gasteiger partial charge in [0, 0.05) is 6.42 Å². The first kappa shape index (κ1) is 21.0. The fourth-order valence-electron chi connectivity index (χ4n) is 2.44. The van der Waals surface area contributed by atoms with Crippen molar-refractivity contribution in [3.8, 4) is 11.5 Å². The van der Waals surface area contributed by atoms with E-state index in [1.54, 1.807) is 0 Å². The summed E-state index contributed by atoms with van der Waals surface area (Å²) in [6.07, 6.45) is 4.53. The van der Waals surface area contributed by atoms with E-state index in [1.165, 1.54) is 0 Å². The summed E-state index contributed by atoms with van der Waals surface area (Å²) in [6, 6.07) is 15.4. The second-order valence-corrected chi connectivity index (χ2v) is 5.92. The van der Waals surface area contributed by atoms with E-state index in [2.05, 4.69) is 5.32 Å². The lowest BCUT2D eigenvalue weighted by molar-refractivity contribution is -0.116. The topological polar surface area (TPSA) is 64.3 Å². The van der Waals surface area contributed by atoms with Crippen molar-refractivity contribution in [2.24, 2.45) is 5.73 Å². The van der Waals surface area contributed by atoms with Crippen molar-refractivity contribution in [2.45, 2.75) is 39.0 Å². The average Bonchev–Trinajstić information content (AvgIpc) is 2.58. The van der Waals surface area contributed by atoms with Crippen LogP contribution < -0.4 is 15.8 Å². The minimum atomic E-state index is 0. The molecule has 0 aliphatic rings. The number of carbonyl (C=O) groups is 1. The molecule has 0 saturated carbocycles. The normalized spacial score (nSPS) is 10.0. The van der Waals surface area contributed by atoms with Gasteiger partial charge in [0.1, 0.15) is 5.75 Å². The number of rotatable bonds is 9. The molecule has 2 rings (SSSR count). The number of carbonyl (C=O) groups excluding carboxylic acids is 1. The van der Waals surface area contributed by atoms with Gasteiger partial charge < -0.3 is 15.8 Å². The van der Waals surface area contributed by atoms with Gasteiger partial charge in [-0.15, -0.1) is 12.4 Å². The molecule has 5 heteroatoms. The van der Waals surface area contributed by atoms with Crippen LogP contribution in [0, 0.1) is 6.92 Å². The molecule has 0 spiro atoms. The summed E-state index contributed by atoms with van der Waals surface area (Å²) < 4.78 is 5.89. The van der Waals surface area contributed by atoms with Crippen LogP contribution in [0.3, 0.4) is 0 Å². The van der Waals surface area contributed by atoms with Crippen LogP contribution in [0.4, 0.5) is 5.69 Å². The molecular formula is C20H27ClN2O2. The van der Waals surface area contributed by atoms with E-state index < -0.39 is 0 Å². The van der Waals surface area contributed by atoms with Crippen molar-refractivity contribution >= 4 is 24.0 Å². The second-order valence-electron chi connectivity index (χ2n) is 5.92. The third-order valence-corrected chi connectivity index (χ3v) is 3.74. The molecule has 1 amide bonds. The van der Waals surface area contributed by atoms with Gasteiger partial charge >= 0.3 is 0 Å². The molecule has 0 fully saturated rings. The van der Waals surface area contributed by atoms with Crippen LogP contribution in [0.1, 0.15) is 37.7 Å². The Morgan fingerprint density at radius 3 is 2.48 bits per heavy atom. The summed E-state index contributed by atoms with van der Waals surface area (Å²) in [4.78, 5) is 12.2. The van der Waals surface area contributed by atoms with E-state index in [0.717, 1.165) is 43.5 Å². The molecule has 0 aliphatic carbocycles. The van der Waals surface area contributed by atoms with Gasteiger partial charge in [-0.25, -0.2) is 0 Å². The Hall–Kier alpha value is -2.04. The Bertz CT molecular complexity index is 647. The van der Waals surface area contributed by atoms with Gasteiger partial charge in [0.2, 0.25) is 5.91 Å². The molecule has 0 unspecified atom stereocenters. The van der Waals surface area contributed by atoms with Crippen molar-refractivity contribution in [2.75, 3.05) is 11.9 Å². The van der Waals surface area contributed by atoms with Crippen molar-refractivity contribution in [3.05, 3.63) is 54.1 Å². The van der Waals surface area contributed by atoms with E-state index in [4.69, 9.17) is 10.5 Å². The fraction of sp³-hybridized carbons (Fsp3) is 0.350. The molecular weight excluding hydrogens is 336 g/mol. The predicted molar refractivity (Wildman–Crippen MR) is 106 cm³/mol. The smallest absolute Gasteiger partial charge is 0.224 e. The van der Waals surface area contributed by atoms with Gasteiger partial charge in [-0.3, -0.25) is 4.79 Å². The third-order valence-electron chi connectivity index (χ3n) is 3.74. The monoisotopic (exact) mass is 362 g/mol. The minimum Gasteiger partial charge on any atom is -0.455 e. The zero-order chi connectivity index (χ0) is 17.2. The number of benzene rings is 2. The van der Waals surface area contributed by atoms with Gasteiger partial charge in [-0.05, 0) is 56.1 Å². The number of halogens is 1. The van der Waals surface area contributed by atoms with Gasteiger partial charge in [-0.2, -0.15) is 0 Å². The summed E-state index contributed by atoms with van der Waals surface area (Å²) in [5.74, 6) is 1.42. The van der Waals surface area contributed by atoms with Gasteiger partial charge in [0.25, 0.3) is 0 Å². The number of hydrogen-bond donors (Lipinski definition) is 2. The maximum absolute atomic E-state index is 12.2. The van der Waals surface area contributed by atoms with Gasteiger partial charge in [0.05, 0.1) is 5.69 Å². The lowest BCUT2D eigenvalue weighted by atomic mass is 10.1. The maximum Gasteiger partial charge on any atom is 0.224 e. The molecule has 2 aromatic carbocycles. The van der Waals surface area contributed by atoms with E-state index in [0.29, 0.717) is 17.9 Å². The molecule has 0 aromatic heterocycles. The number of anilines is 1. The number of nitrogens with two attached hydrogens (primary N) is 1. The predicted octanol–water partition coefficient (Wildman–Crippen LogP) is 5.06. The van der Waals surface area contributed by atoms with Crippen LogP contribution in [0.25, 0.3) is 0 Å². The van der Waals surface area contributed by atoms with Crippen LogP contribution in [0.2, 0.25) is 0 Å². The van der Waals surface area contributed by atoms with Gasteiger partial charge in [-0.1, -0.05) is 37.1 Å². The fourth-order valence-corrected chi connectivity index (χ4v) is 2.44. The zero-order valence-electron chi connectivity index (χ0n) is 14.7. The van der Waals surface area contributed by atoms with E-state index in [-0.39, 0.29) is 18.3 Å². The van der Waals surface area contributed by atoms with Crippen molar-refractivity contribution < 1.29 is 9.53 Å². The highest BCUT2D eigenvalue weighted by Crippen LogP contribution is 2.30. The third kappa shape index (κ3) is 7.59. The first-order valence-corrected chi connectivity index (χ1v) is 8.52. The molecule has 2 aromatic rings. The van der Waals surface area contributed by atoms with Crippen molar-refractivity contribution in [1.82, 2.24) is 0 Å². The Morgan fingerprint density at radius 1 is 1.04 bits per heavy atom. The quantitative estimate of drug-likeness (QED) is 0.613. The number of aryl methyl sites for hydroxylation is 1. The lowest BCUT2D eigenvalue weighted by Gasteiger charge is -2.13. The highest BCUT2D eigenvalue weighted by molar-refractivity contribution is 5.92. The second kappa shape index (κ2) is 11.5. The zero-order valence-corrected chi connectivity index (χ0v) is 15.5. The number of unbranched alkanes of at least 4 members (excludes halogenated alkanes) is 3. The highest BCUT2D eigenvalue weighted by atomic mass is 35.5. The lowest BCUT2D eigenvalue weighted by Crippen LogP contribution is -2.12. The number of hydrogen-bond acceptors (Lipinski definition) is 3. The van der Waals surface area contributed by atoms with Crippen LogP contribution in [-0.2, 0) is 4.79 Å². The first-order valence-electron chi connectivity index (χ1n) is 8.52. The molecule has 0 saturated heterocycles. The Balaban J connectivity index is 0.00000312. The van der Waals surface area contributed by atoms with Crippen LogP contribution in [0.15, 0.2) is 48.5 Å². The number of nitrogens with one attached hydrogen (secondary N) is 1. The van der Waals surface area contributed by atoms with Crippen LogP contribution >= 0.6 is 12.4 Å². The summed E-state index contributed by atoms with van der Waals surface area (Å²) >= 11 is 0. The molecule has 0 atom stereocenters. The van der Waals surface area contributed by atoms with E-state index >= 15 is 0 Å². The number of amides is 1. The molecule has 0 aliphatic heterocycles. The van der Waals surface area contributed by atoms with Crippen molar-refractivity contribution in [3.63, 3.8) is 0 Å². The average molecular weight is 363 g/mol.